The number of carbonyl (C=O) groups is 1. The molecule has 0 spiro atoms. The molecule has 2 N–H and O–H groups in total. The number of nitrogens with zero attached hydrogens (tertiary/aromatic N) is 1. The highest BCUT2D eigenvalue weighted by atomic mass is 32.1. The summed E-state index contributed by atoms with van der Waals surface area (Å²) in [6, 6.07) is 4.49. The Kier molecular flexibility index (Phi) is 6.52. The topological polar surface area (TPSA) is 46.3 Å². The van der Waals surface area contributed by atoms with Crippen molar-refractivity contribution < 1.29 is 4.79 Å². The largest absolute Gasteiger partial charge is 0.338 e. The van der Waals surface area contributed by atoms with Crippen LogP contribution in [-0.4, -0.2) is 23.9 Å². The summed E-state index contributed by atoms with van der Waals surface area (Å²) in [6.07, 6.45) is 2.93. The molecule has 0 aromatic carbocycles. The monoisotopic (exact) mass is 282 g/mol. The van der Waals surface area contributed by atoms with E-state index in [9.17, 15) is 4.79 Å². The molecule has 0 saturated carbocycles. The van der Waals surface area contributed by atoms with Gasteiger partial charge in [0.25, 0.3) is 0 Å². The summed E-state index contributed by atoms with van der Waals surface area (Å²) in [5.41, 5.74) is 5.73. The third-order valence-electron chi connectivity index (χ3n) is 3.60. The second-order valence-electron chi connectivity index (χ2n) is 5.45. The third kappa shape index (κ3) is 4.96. The van der Waals surface area contributed by atoms with Crippen molar-refractivity contribution in [2.75, 3.05) is 7.05 Å². The van der Waals surface area contributed by atoms with Gasteiger partial charge in [-0.3, -0.25) is 4.79 Å². The van der Waals surface area contributed by atoms with Gasteiger partial charge in [0, 0.05) is 23.9 Å². The van der Waals surface area contributed by atoms with Gasteiger partial charge in [0.15, 0.2) is 0 Å². The van der Waals surface area contributed by atoms with Crippen LogP contribution in [0, 0.1) is 5.92 Å². The Morgan fingerprint density at radius 3 is 2.58 bits per heavy atom. The molecule has 0 aliphatic heterocycles. The highest BCUT2D eigenvalue weighted by Crippen LogP contribution is 2.25. The van der Waals surface area contributed by atoms with Crippen LogP contribution in [0.3, 0.4) is 0 Å². The van der Waals surface area contributed by atoms with Crippen molar-refractivity contribution in [1.29, 1.82) is 0 Å². The Morgan fingerprint density at radius 2 is 2.05 bits per heavy atom. The van der Waals surface area contributed by atoms with E-state index < -0.39 is 0 Å². The fourth-order valence-electron chi connectivity index (χ4n) is 2.13. The first-order valence-corrected chi connectivity index (χ1v) is 7.87. The van der Waals surface area contributed by atoms with Gasteiger partial charge in [-0.15, -0.1) is 11.3 Å². The van der Waals surface area contributed by atoms with Crippen LogP contribution in [0.2, 0.25) is 0 Å². The Hall–Kier alpha value is -0.870. The third-order valence-corrected chi connectivity index (χ3v) is 4.64. The number of amides is 1. The van der Waals surface area contributed by atoms with Crippen molar-refractivity contribution in [3.8, 4) is 0 Å². The summed E-state index contributed by atoms with van der Waals surface area (Å²) in [7, 11) is 1.90. The summed E-state index contributed by atoms with van der Waals surface area (Å²) in [4.78, 5) is 15.5. The number of hydrogen-bond acceptors (Lipinski definition) is 3. The standard InChI is InChI=1S/C15H26N2OS/c1-11(7-5-8-12(2)16)15(18)17(4)13(3)14-9-6-10-19-14/h6,9-13H,5,7-8,16H2,1-4H3. The van der Waals surface area contributed by atoms with Gasteiger partial charge in [-0.25, -0.2) is 0 Å². The molecule has 3 nitrogen and oxygen atoms in total. The predicted octanol–water partition coefficient (Wildman–Crippen LogP) is 3.42. The molecule has 1 amide bonds. The normalized spacial score (nSPS) is 15.8. The molecule has 0 aliphatic rings. The van der Waals surface area contributed by atoms with Gasteiger partial charge in [-0.05, 0) is 38.1 Å². The molecular formula is C15H26N2OS. The first-order chi connectivity index (χ1) is 8.93. The van der Waals surface area contributed by atoms with Crippen molar-refractivity contribution >= 4 is 17.2 Å². The van der Waals surface area contributed by atoms with Gasteiger partial charge in [-0.2, -0.15) is 0 Å². The lowest BCUT2D eigenvalue weighted by molar-refractivity contribution is -0.135. The average molecular weight is 282 g/mol. The number of thiophene rings is 1. The zero-order valence-electron chi connectivity index (χ0n) is 12.4. The molecule has 1 aromatic rings. The molecule has 1 heterocycles. The van der Waals surface area contributed by atoms with Crippen LogP contribution in [0.1, 0.15) is 51.0 Å². The van der Waals surface area contributed by atoms with Gasteiger partial charge in [-0.1, -0.05) is 19.4 Å². The van der Waals surface area contributed by atoms with E-state index in [0.29, 0.717) is 0 Å². The molecule has 0 radical (unpaired) electrons. The van der Waals surface area contributed by atoms with Gasteiger partial charge < -0.3 is 10.6 Å². The Morgan fingerprint density at radius 1 is 1.37 bits per heavy atom. The van der Waals surface area contributed by atoms with E-state index in [1.165, 1.54) is 4.88 Å². The molecule has 108 valence electrons. The number of rotatable bonds is 7. The average Bonchev–Trinajstić information content (AvgIpc) is 2.89. The van der Waals surface area contributed by atoms with Crippen LogP contribution in [0.25, 0.3) is 0 Å². The van der Waals surface area contributed by atoms with Crippen molar-refractivity contribution in [2.24, 2.45) is 11.7 Å². The van der Waals surface area contributed by atoms with Crippen LogP contribution in [-0.2, 0) is 4.79 Å². The number of hydrogen-bond donors (Lipinski definition) is 1. The number of nitrogens with two attached hydrogens (primary N) is 1. The second-order valence-corrected chi connectivity index (χ2v) is 6.43. The minimum Gasteiger partial charge on any atom is -0.338 e. The fourth-order valence-corrected chi connectivity index (χ4v) is 2.95. The van der Waals surface area contributed by atoms with Gasteiger partial charge >= 0.3 is 0 Å². The molecule has 3 unspecified atom stereocenters. The molecule has 19 heavy (non-hydrogen) atoms. The molecule has 3 atom stereocenters. The van der Waals surface area contributed by atoms with E-state index >= 15 is 0 Å². The molecule has 0 saturated heterocycles. The summed E-state index contributed by atoms with van der Waals surface area (Å²) in [5.74, 6) is 0.303. The van der Waals surface area contributed by atoms with Crippen LogP contribution in [0.5, 0.6) is 0 Å². The van der Waals surface area contributed by atoms with Crippen LogP contribution < -0.4 is 5.73 Å². The lowest BCUT2D eigenvalue weighted by Crippen LogP contribution is -2.33. The van der Waals surface area contributed by atoms with E-state index in [0.717, 1.165) is 19.3 Å². The van der Waals surface area contributed by atoms with Crippen molar-refractivity contribution in [1.82, 2.24) is 4.90 Å². The quantitative estimate of drug-likeness (QED) is 0.833. The molecular weight excluding hydrogens is 256 g/mol. The van der Waals surface area contributed by atoms with Crippen molar-refractivity contribution in [2.45, 2.75) is 52.1 Å². The first kappa shape index (κ1) is 16.2. The highest BCUT2D eigenvalue weighted by molar-refractivity contribution is 7.10. The molecule has 0 aliphatic carbocycles. The van der Waals surface area contributed by atoms with Crippen molar-refractivity contribution in [3.05, 3.63) is 22.4 Å². The van der Waals surface area contributed by atoms with Crippen LogP contribution >= 0.6 is 11.3 Å². The highest BCUT2D eigenvalue weighted by Gasteiger charge is 2.22. The van der Waals surface area contributed by atoms with E-state index in [1.54, 1.807) is 11.3 Å². The van der Waals surface area contributed by atoms with Crippen LogP contribution in [0.4, 0.5) is 0 Å². The fraction of sp³-hybridized carbons (Fsp3) is 0.667. The SMILES string of the molecule is CC(N)CCCC(C)C(=O)N(C)C(C)c1cccs1. The summed E-state index contributed by atoms with van der Waals surface area (Å²) < 4.78 is 0. The van der Waals surface area contributed by atoms with E-state index in [2.05, 4.69) is 18.4 Å². The predicted molar refractivity (Wildman–Crippen MR) is 82.2 cm³/mol. The maximum Gasteiger partial charge on any atom is 0.225 e. The molecule has 1 aromatic heterocycles. The maximum absolute atomic E-state index is 12.4. The minimum atomic E-state index is 0.0752. The Labute approximate surface area is 120 Å². The molecule has 0 bridgehead atoms. The second kappa shape index (κ2) is 7.65. The molecule has 1 rings (SSSR count). The van der Waals surface area contributed by atoms with E-state index in [-0.39, 0.29) is 23.9 Å². The Bertz CT molecular complexity index is 376. The summed E-state index contributed by atoms with van der Waals surface area (Å²) in [5, 5.41) is 2.05. The minimum absolute atomic E-state index is 0.0752. The summed E-state index contributed by atoms with van der Waals surface area (Å²) in [6.45, 7) is 6.11. The van der Waals surface area contributed by atoms with Gasteiger partial charge in [0.2, 0.25) is 5.91 Å². The van der Waals surface area contributed by atoms with Crippen LogP contribution in [0.15, 0.2) is 17.5 Å². The van der Waals surface area contributed by atoms with E-state index in [4.69, 9.17) is 5.73 Å². The number of carbonyl (C=O) groups excluding carboxylic acids is 1. The van der Waals surface area contributed by atoms with E-state index in [1.807, 2.05) is 31.9 Å². The first-order valence-electron chi connectivity index (χ1n) is 6.99. The molecule has 0 fully saturated rings. The lowest BCUT2D eigenvalue weighted by Gasteiger charge is -2.27. The zero-order chi connectivity index (χ0) is 14.4. The Balaban J connectivity index is 2.47. The van der Waals surface area contributed by atoms with Crippen molar-refractivity contribution in [3.63, 3.8) is 0 Å². The van der Waals surface area contributed by atoms with Gasteiger partial charge in [0.1, 0.15) is 0 Å². The maximum atomic E-state index is 12.4. The molecule has 4 heteroatoms. The smallest absolute Gasteiger partial charge is 0.225 e. The summed E-state index contributed by atoms with van der Waals surface area (Å²) >= 11 is 1.70. The lowest BCUT2D eigenvalue weighted by atomic mass is 10.0. The zero-order valence-corrected chi connectivity index (χ0v) is 13.2. The van der Waals surface area contributed by atoms with Gasteiger partial charge in [0.05, 0.1) is 6.04 Å².